The highest BCUT2D eigenvalue weighted by molar-refractivity contribution is 7.11. The molecule has 0 aliphatic heterocycles. The van der Waals surface area contributed by atoms with Crippen LogP contribution in [0.2, 0.25) is 0 Å². The summed E-state index contributed by atoms with van der Waals surface area (Å²) in [6, 6.07) is 1.95. The SMILES string of the molecule is CCOC(=O)/C(=C/c1cc(C)cs1)CCC(=O)O. The lowest BCUT2D eigenvalue weighted by molar-refractivity contribution is -0.138. The largest absolute Gasteiger partial charge is 0.481 e. The smallest absolute Gasteiger partial charge is 0.334 e. The molecule has 5 heteroatoms. The Hall–Kier alpha value is -1.62. The number of carbonyl (C=O) groups excluding carboxylic acids is 1. The van der Waals surface area contributed by atoms with E-state index in [0.29, 0.717) is 5.57 Å². The number of carboxylic acids is 1. The van der Waals surface area contributed by atoms with Crippen LogP contribution in [0.25, 0.3) is 6.08 Å². The zero-order chi connectivity index (χ0) is 13.5. The predicted octanol–water partition coefficient (Wildman–Crippen LogP) is 2.87. The Bertz CT molecular complexity index is 459. The summed E-state index contributed by atoms with van der Waals surface area (Å²) in [5.74, 6) is -1.36. The first-order valence-corrected chi connectivity index (χ1v) is 6.55. The number of ether oxygens (including phenoxy) is 1. The first-order valence-electron chi connectivity index (χ1n) is 5.67. The van der Waals surface area contributed by atoms with Crippen molar-refractivity contribution in [3.05, 3.63) is 27.5 Å². The van der Waals surface area contributed by atoms with Crippen LogP contribution < -0.4 is 0 Å². The van der Waals surface area contributed by atoms with Crippen LogP contribution in [0.4, 0.5) is 0 Å². The lowest BCUT2D eigenvalue weighted by Gasteiger charge is -2.05. The molecule has 0 aromatic carbocycles. The zero-order valence-electron chi connectivity index (χ0n) is 10.4. The van der Waals surface area contributed by atoms with Gasteiger partial charge in [0.1, 0.15) is 0 Å². The Morgan fingerprint density at radius 2 is 2.17 bits per heavy atom. The second kappa shape index (κ2) is 6.96. The predicted molar refractivity (Wildman–Crippen MR) is 70.5 cm³/mol. The minimum atomic E-state index is -0.924. The van der Waals surface area contributed by atoms with E-state index in [4.69, 9.17) is 9.84 Å². The van der Waals surface area contributed by atoms with Crippen LogP contribution in [0.15, 0.2) is 17.0 Å². The molecule has 1 aromatic rings. The average molecular weight is 268 g/mol. The maximum atomic E-state index is 11.7. The molecule has 0 saturated heterocycles. The fourth-order valence-corrected chi connectivity index (χ4v) is 2.25. The molecule has 0 amide bonds. The van der Waals surface area contributed by atoms with Crippen LogP contribution in [0.1, 0.15) is 30.2 Å². The molecular weight excluding hydrogens is 252 g/mol. The van der Waals surface area contributed by atoms with E-state index in [1.54, 1.807) is 13.0 Å². The van der Waals surface area contributed by atoms with Crippen LogP contribution in [0.3, 0.4) is 0 Å². The van der Waals surface area contributed by atoms with Crippen molar-refractivity contribution in [3.63, 3.8) is 0 Å². The van der Waals surface area contributed by atoms with Gasteiger partial charge in [-0.15, -0.1) is 11.3 Å². The minimum absolute atomic E-state index is 0.0744. The molecule has 0 spiro atoms. The summed E-state index contributed by atoms with van der Waals surface area (Å²) in [6.45, 7) is 3.98. The van der Waals surface area contributed by atoms with Gasteiger partial charge in [0.2, 0.25) is 0 Å². The van der Waals surface area contributed by atoms with Gasteiger partial charge in [-0.25, -0.2) is 4.79 Å². The minimum Gasteiger partial charge on any atom is -0.481 e. The summed E-state index contributed by atoms with van der Waals surface area (Å²) >= 11 is 1.52. The number of hydrogen-bond donors (Lipinski definition) is 1. The molecule has 4 nitrogen and oxygen atoms in total. The maximum absolute atomic E-state index is 11.7. The number of aryl methyl sites for hydroxylation is 1. The second-order valence-corrected chi connectivity index (χ2v) is 4.75. The fourth-order valence-electron chi connectivity index (χ4n) is 1.40. The highest BCUT2D eigenvalue weighted by Crippen LogP contribution is 2.20. The fraction of sp³-hybridized carbons (Fsp3) is 0.385. The first-order chi connectivity index (χ1) is 8.52. The van der Waals surface area contributed by atoms with Gasteiger partial charge in [-0.05, 0) is 43.4 Å². The van der Waals surface area contributed by atoms with Gasteiger partial charge in [0.25, 0.3) is 0 Å². The van der Waals surface area contributed by atoms with Crippen molar-refractivity contribution in [2.24, 2.45) is 0 Å². The van der Waals surface area contributed by atoms with Crippen molar-refractivity contribution in [2.45, 2.75) is 26.7 Å². The third-order valence-corrected chi connectivity index (χ3v) is 3.21. The number of carbonyl (C=O) groups is 2. The summed E-state index contributed by atoms with van der Waals surface area (Å²) in [5, 5.41) is 10.6. The molecule has 0 bridgehead atoms. The van der Waals surface area contributed by atoms with Gasteiger partial charge in [0.05, 0.1) is 6.61 Å². The molecule has 18 heavy (non-hydrogen) atoms. The molecule has 1 aromatic heterocycles. The standard InChI is InChI=1S/C13H16O4S/c1-3-17-13(16)10(4-5-12(14)15)7-11-6-9(2)8-18-11/h6-8H,3-5H2,1-2H3,(H,14,15)/b10-7+. The monoisotopic (exact) mass is 268 g/mol. The van der Waals surface area contributed by atoms with E-state index < -0.39 is 11.9 Å². The highest BCUT2D eigenvalue weighted by atomic mass is 32.1. The lowest BCUT2D eigenvalue weighted by Crippen LogP contribution is -2.09. The van der Waals surface area contributed by atoms with Crippen LogP contribution in [0.5, 0.6) is 0 Å². The van der Waals surface area contributed by atoms with Crippen LogP contribution in [0, 0.1) is 6.92 Å². The molecular formula is C13H16O4S. The Morgan fingerprint density at radius 1 is 1.44 bits per heavy atom. The van der Waals surface area contributed by atoms with Crippen molar-refractivity contribution < 1.29 is 19.4 Å². The van der Waals surface area contributed by atoms with Gasteiger partial charge in [-0.3, -0.25) is 4.79 Å². The Morgan fingerprint density at radius 3 is 2.67 bits per heavy atom. The van der Waals surface area contributed by atoms with E-state index in [1.807, 2.05) is 18.4 Å². The molecule has 1 rings (SSSR count). The van der Waals surface area contributed by atoms with E-state index in [9.17, 15) is 9.59 Å². The summed E-state index contributed by atoms with van der Waals surface area (Å²) < 4.78 is 4.92. The lowest BCUT2D eigenvalue weighted by atomic mass is 10.1. The van der Waals surface area contributed by atoms with Gasteiger partial charge < -0.3 is 9.84 Å². The normalized spacial score (nSPS) is 11.3. The average Bonchev–Trinajstić information content (AvgIpc) is 2.70. The van der Waals surface area contributed by atoms with Crippen molar-refractivity contribution in [3.8, 4) is 0 Å². The second-order valence-electron chi connectivity index (χ2n) is 3.81. The van der Waals surface area contributed by atoms with Gasteiger partial charge in [0.15, 0.2) is 0 Å². The van der Waals surface area contributed by atoms with Crippen LogP contribution in [-0.4, -0.2) is 23.7 Å². The Kier molecular flexibility index (Phi) is 5.58. The Labute approximate surface area is 110 Å². The van der Waals surface area contributed by atoms with E-state index in [-0.39, 0.29) is 19.4 Å². The topological polar surface area (TPSA) is 63.6 Å². The molecule has 0 radical (unpaired) electrons. The highest BCUT2D eigenvalue weighted by Gasteiger charge is 2.12. The quantitative estimate of drug-likeness (QED) is 0.636. The van der Waals surface area contributed by atoms with Crippen LogP contribution >= 0.6 is 11.3 Å². The van der Waals surface area contributed by atoms with Gasteiger partial charge in [0, 0.05) is 16.9 Å². The molecule has 0 aliphatic rings. The van der Waals surface area contributed by atoms with Crippen molar-refractivity contribution in [1.82, 2.24) is 0 Å². The van der Waals surface area contributed by atoms with E-state index in [0.717, 1.165) is 10.4 Å². The Balaban J connectivity index is 2.85. The number of aliphatic carboxylic acids is 1. The van der Waals surface area contributed by atoms with E-state index in [1.165, 1.54) is 11.3 Å². The zero-order valence-corrected chi connectivity index (χ0v) is 11.3. The number of esters is 1. The summed E-state index contributed by atoms with van der Waals surface area (Å²) in [5.41, 5.74) is 1.52. The first kappa shape index (κ1) is 14.4. The van der Waals surface area contributed by atoms with Crippen molar-refractivity contribution in [1.29, 1.82) is 0 Å². The molecule has 0 unspecified atom stereocenters. The molecule has 0 aliphatic carbocycles. The number of thiophene rings is 1. The molecule has 0 atom stereocenters. The third-order valence-electron chi connectivity index (χ3n) is 2.21. The summed E-state index contributed by atoms with van der Waals surface area (Å²) in [4.78, 5) is 23.2. The van der Waals surface area contributed by atoms with E-state index >= 15 is 0 Å². The number of rotatable bonds is 6. The molecule has 98 valence electrons. The van der Waals surface area contributed by atoms with Gasteiger partial charge >= 0.3 is 11.9 Å². The molecule has 0 saturated carbocycles. The number of hydrogen-bond acceptors (Lipinski definition) is 4. The maximum Gasteiger partial charge on any atom is 0.334 e. The summed E-state index contributed by atoms with van der Waals surface area (Å²) in [6.07, 6.45) is 1.82. The molecule has 0 fully saturated rings. The summed E-state index contributed by atoms with van der Waals surface area (Å²) in [7, 11) is 0. The van der Waals surface area contributed by atoms with E-state index in [2.05, 4.69) is 0 Å². The molecule has 1 heterocycles. The van der Waals surface area contributed by atoms with Crippen LogP contribution in [-0.2, 0) is 14.3 Å². The number of carboxylic acid groups (broad SMARTS) is 1. The van der Waals surface area contributed by atoms with Gasteiger partial charge in [-0.2, -0.15) is 0 Å². The third kappa shape index (κ3) is 4.71. The van der Waals surface area contributed by atoms with Gasteiger partial charge in [-0.1, -0.05) is 0 Å². The van der Waals surface area contributed by atoms with Crippen molar-refractivity contribution >= 4 is 29.4 Å². The molecule has 1 N–H and O–H groups in total. The van der Waals surface area contributed by atoms with Crippen molar-refractivity contribution in [2.75, 3.05) is 6.61 Å².